The highest BCUT2D eigenvalue weighted by atomic mass is 19.4. The number of anilines is 1. The van der Waals surface area contributed by atoms with E-state index >= 15 is 0 Å². The third kappa shape index (κ3) is 4.06. The number of fused-ring (bicyclic) bond motifs is 3. The summed E-state index contributed by atoms with van der Waals surface area (Å²) in [4.78, 5) is 2.06. The fourth-order valence-electron chi connectivity index (χ4n) is 4.93. The Morgan fingerprint density at radius 3 is 2.53 bits per heavy atom. The summed E-state index contributed by atoms with van der Waals surface area (Å²) in [5.41, 5.74) is 1.65. The highest BCUT2D eigenvalue weighted by molar-refractivity contribution is 5.60. The Morgan fingerprint density at radius 2 is 1.87 bits per heavy atom. The molecular weight excluding hydrogens is 391 g/mol. The molecule has 1 aliphatic carbocycles. The minimum Gasteiger partial charge on any atom is -0.391 e. The molecule has 1 fully saturated rings. The maximum Gasteiger partial charge on any atom is 0.416 e. The molecule has 2 aromatic rings. The lowest BCUT2D eigenvalue weighted by atomic mass is 9.76. The van der Waals surface area contributed by atoms with Crippen LogP contribution < -0.4 is 10.6 Å². The molecule has 1 saturated carbocycles. The molecule has 0 spiro atoms. The second-order valence-electron chi connectivity index (χ2n) is 8.61. The number of hydrogen-bond acceptors (Lipinski definition) is 4. The van der Waals surface area contributed by atoms with Gasteiger partial charge in [0, 0.05) is 30.7 Å². The number of aliphatic hydroxyl groups is 1. The first-order valence-corrected chi connectivity index (χ1v) is 10.3. The number of halogens is 3. The van der Waals surface area contributed by atoms with Crippen molar-refractivity contribution in [1.82, 2.24) is 10.2 Å². The van der Waals surface area contributed by atoms with Crippen molar-refractivity contribution in [2.75, 3.05) is 32.5 Å². The zero-order valence-electron chi connectivity index (χ0n) is 17.2. The van der Waals surface area contributed by atoms with Gasteiger partial charge in [-0.05, 0) is 55.8 Å². The van der Waals surface area contributed by atoms with Crippen molar-refractivity contribution >= 4 is 5.69 Å². The van der Waals surface area contributed by atoms with Gasteiger partial charge in [0.15, 0.2) is 0 Å². The molecule has 30 heavy (non-hydrogen) atoms. The van der Waals surface area contributed by atoms with Crippen LogP contribution in [0.25, 0.3) is 0 Å². The fourth-order valence-corrected chi connectivity index (χ4v) is 4.93. The molecule has 5 atom stereocenters. The molecule has 4 nitrogen and oxygen atoms in total. The lowest BCUT2D eigenvalue weighted by molar-refractivity contribution is -0.137. The molecule has 4 rings (SSSR count). The standard InChI is InChI=1S/C23H28F3N3O/c1-29(2)11-10-27-19-13-17-20(22(19)30)16-12-15(23(24,25)26)8-9-18(16)28-21(17)14-6-4-3-5-7-14/h3-9,12,17,19-22,27-28,30H,10-11,13H2,1-2H3/t17-,19?,20?,21-,22+/m1/s1. The van der Waals surface area contributed by atoms with Gasteiger partial charge in [-0.1, -0.05) is 30.3 Å². The number of alkyl halides is 3. The average molecular weight is 419 g/mol. The van der Waals surface area contributed by atoms with Gasteiger partial charge in [0.25, 0.3) is 0 Å². The number of nitrogens with one attached hydrogen (secondary N) is 2. The van der Waals surface area contributed by atoms with Gasteiger partial charge in [-0.15, -0.1) is 0 Å². The number of rotatable bonds is 5. The zero-order chi connectivity index (χ0) is 21.5. The first kappa shape index (κ1) is 21.2. The molecule has 3 N–H and O–H groups in total. The second-order valence-corrected chi connectivity index (χ2v) is 8.61. The van der Waals surface area contributed by atoms with Gasteiger partial charge < -0.3 is 20.6 Å². The van der Waals surface area contributed by atoms with Crippen molar-refractivity contribution in [1.29, 1.82) is 0 Å². The number of likely N-dealkylation sites (N-methyl/N-ethyl adjacent to an activating group) is 1. The van der Waals surface area contributed by atoms with Gasteiger partial charge in [0.2, 0.25) is 0 Å². The molecule has 2 aliphatic rings. The summed E-state index contributed by atoms with van der Waals surface area (Å²) in [6.07, 6.45) is -4.46. The molecule has 162 valence electrons. The van der Waals surface area contributed by atoms with Crippen molar-refractivity contribution in [3.05, 3.63) is 65.2 Å². The SMILES string of the molecule is CN(C)CCNC1C[C@@H]2C(c3cc(C(F)(F)F)ccc3N[C@@H]2c2ccccc2)[C@H]1O. The minimum atomic E-state index is -4.41. The topological polar surface area (TPSA) is 47.5 Å². The van der Waals surface area contributed by atoms with Crippen LogP contribution in [-0.2, 0) is 6.18 Å². The smallest absolute Gasteiger partial charge is 0.391 e. The van der Waals surface area contributed by atoms with Crippen LogP contribution >= 0.6 is 0 Å². The maximum atomic E-state index is 13.4. The Balaban J connectivity index is 1.70. The van der Waals surface area contributed by atoms with E-state index in [1.807, 2.05) is 44.4 Å². The molecule has 0 amide bonds. The van der Waals surface area contributed by atoms with Gasteiger partial charge in [-0.25, -0.2) is 0 Å². The third-order valence-corrected chi connectivity index (χ3v) is 6.37. The molecule has 7 heteroatoms. The largest absolute Gasteiger partial charge is 0.416 e. The van der Waals surface area contributed by atoms with E-state index in [1.54, 1.807) is 0 Å². The van der Waals surface area contributed by atoms with Crippen molar-refractivity contribution in [3.8, 4) is 0 Å². The van der Waals surface area contributed by atoms with Crippen LogP contribution in [0.5, 0.6) is 0 Å². The van der Waals surface area contributed by atoms with Crippen molar-refractivity contribution in [2.45, 2.75) is 36.7 Å². The number of hydrogen-bond donors (Lipinski definition) is 3. The van der Waals surface area contributed by atoms with Crippen LogP contribution in [0.4, 0.5) is 18.9 Å². The van der Waals surface area contributed by atoms with Crippen LogP contribution in [0.3, 0.4) is 0 Å². The Bertz CT molecular complexity index is 872. The molecule has 1 aliphatic heterocycles. The van der Waals surface area contributed by atoms with Crippen molar-refractivity contribution in [3.63, 3.8) is 0 Å². The molecule has 2 unspecified atom stereocenters. The predicted molar refractivity (Wildman–Crippen MR) is 111 cm³/mol. The Labute approximate surface area is 175 Å². The second kappa shape index (κ2) is 8.21. The van der Waals surface area contributed by atoms with Crippen LogP contribution in [0.15, 0.2) is 48.5 Å². The lowest BCUT2D eigenvalue weighted by Gasteiger charge is -2.38. The molecule has 0 saturated heterocycles. The fraction of sp³-hybridized carbons (Fsp3) is 0.478. The lowest BCUT2D eigenvalue weighted by Crippen LogP contribution is -2.41. The van der Waals surface area contributed by atoms with E-state index in [0.717, 1.165) is 18.2 Å². The first-order chi connectivity index (χ1) is 14.3. The minimum absolute atomic E-state index is 0.00441. The van der Waals surface area contributed by atoms with E-state index in [9.17, 15) is 18.3 Å². The third-order valence-electron chi connectivity index (χ3n) is 6.37. The van der Waals surface area contributed by atoms with E-state index < -0.39 is 17.8 Å². The van der Waals surface area contributed by atoms with Crippen LogP contribution in [0.1, 0.15) is 35.1 Å². The molecule has 0 radical (unpaired) electrons. The van der Waals surface area contributed by atoms with Crippen LogP contribution in [-0.4, -0.2) is 49.3 Å². The number of benzene rings is 2. The normalized spacial score (nSPS) is 28.2. The Kier molecular flexibility index (Phi) is 5.79. The van der Waals surface area contributed by atoms with Crippen LogP contribution in [0.2, 0.25) is 0 Å². The first-order valence-electron chi connectivity index (χ1n) is 10.3. The summed E-state index contributed by atoms with van der Waals surface area (Å²) in [6.45, 7) is 1.54. The van der Waals surface area contributed by atoms with Crippen molar-refractivity contribution < 1.29 is 18.3 Å². The van der Waals surface area contributed by atoms with Gasteiger partial charge in [-0.2, -0.15) is 13.2 Å². The zero-order valence-corrected chi connectivity index (χ0v) is 17.2. The van der Waals surface area contributed by atoms with Gasteiger partial charge in [-0.3, -0.25) is 0 Å². The summed E-state index contributed by atoms with van der Waals surface area (Å²) in [6, 6.07) is 13.6. The summed E-state index contributed by atoms with van der Waals surface area (Å²) < 4.78 is 40.1. The van der Waals surface area contributed by atoms with E-state index in [0.29, 0.717) is 24.2 Å². The van der Waals surface area contributed by atoms with Gasteiger partial charge >= 0.3 is 6.18 Å². The Morgan fingerprint density at radius 1 is 1.13 bits per heavy atom. The van der Waals surface area contributed by atoms with Gasteiger partial charge in [0.1, 0.15) is 0 Å². The molecule has 1 heterocycles. The Hall–Kier alpha value is -2.09. The molecule has 0 aromatic heterocycles. The van der Waals surface area contributed by atoms with E-state index in [1.165, 1.54) is 12.1 Å². The highest BCUT2D eigenvalue weighted by Gasteiger charge is 2.50. The summed E-state index contributed by atoms with van der Waals surface area (Å²) in [5, 5.41) is 18.1. The highest BCUT2D eigenvalue weighted by Crippen LogP contribution is 2.53. The molecule has 2 aromatic carbocycles. The summed E-state index contributed by atoms with van der Waals surface area (Å²) >= 11 is 0. The number of nitrogens with zero attached hydrogens (tertiary/aromatic N) is 1. The van der Waals surface area contributed by atoms with Crippen molar-refractivity contribution in [2.24, 2.45) is 5.92 Å². The van der Waals surface area contributed by atoms with E-state index in [-0.39, 0.29) is 23.9 Å². The van der Waals surface area contributed by atoms with E-state index in [2.05, 4.69) is 15.5 Å². The predicted octanol–water partition coefficient (Wildman–Crippen LogP) is 3.86. The summed E-state index contributed by atoms with van der Waals surface area (Å²) in [5.74, 6) is -0.360. The maximum absolute atomic E-state index is 13.4. The summed E-state index contributed by atoms with van der Waals surface area (Å²) in [7, 11) is 3.97. The quantitative estimate of drug-likeness (QED) is 0.689. The van der Waals surface area contributed by atoms with Crippen LogP contribution in [0, 0.1) is 5.92 Å². The monoisotopic (exact) mass is 419 g/mol. The van der Waals surface area contributed by atoms with E-state index in [4.69, 9.17) is 0 Å². The average Bonchev–Trinajstić information content (AvgIpc) is 3.03. The molecule has 0 bridgehead atoms. The molecular formula is C23H28F3N3O. The van der Waals surface area contributed by atoms with Gasteiger partial charge in [0.05, 0.1) is 17.7 Å². The number of aliphatic hydroxyl groups excluding tert-OH is 1.